The van der Waals surface area contributed by atoms with E-state index in [1.54, 1.807) is 39.0 Å². The van der Waals surface area contributed by atoms with Crippen molar-refractivity contribution in [3.63, 3.8) is 0 Å². The molecule has 23 heavy (non-hydrogen) atoms. The molecule has 0 radical (unpaired) electrons. The Balaban J connectivity index is 2.10. The highest BCUT2D eigenvalue weighted by atomic mass is 35.5. The van der Waals surface area contributed by atoms with Crippen LogP contribution in [0.15, 0.2) is 22.6 Å². The Morgan fingerprint density at radius 2 is 2.09 bits per heavy atom. The highest BCUT2D eigenvalue weighted by Crippen LogP contribution is 2.24. The molecule has 1 N–H and O–H groups in total. The van der Waals surface area contributed by atoms with Crippen molar-refractivity contribution < 1.29 is 18.7 Å². The fraction of sp³-hybridized carbons (Fsp3) is 0.312. The Morgan fingerprint density at radius 1 is 1.35 bits per heavy atom. The van der Waals surface area contributed by atoms with Crippen LogP contribution in [-0.2, 0) is 16.0 Å². The lowest BCUT2D eigenvalue weighted by Gasteiger charge is -2.08. The number of hydrogen-bond acceptors (Lipinski definition) is 5. The molecule has 1 heterocycles. The summed E-state index contributed by atoms with van der Waals surface area (Å²) in [5.74, 6) is 0.132. The summed E-state index contributed by atoms with van der Waals surface area (Å²) in [4.78, 5) is 27.7. The summed E-state index contributed by atoms with van der Waals surface area (Å²) in [5, 5.41) is 3.01. The standard InChI is InChI=1S/C16H17ClN2O4/c1-4-22-14(20)8-11-5-6-13(12(17)7-11)19-16(21)15-9(2)23-10(3)18-15/h5-7H,4,8H2,1-3H3,(H,19,21). The lowest BCUT2D eigenvalue weighted by Crippen LogP contribution is -2.14. The number of nitrogens with one attached hydrogen (secondary N) is 1. The number of aromatic nitrogens is 1. The first-order valence-electron chi connectivity index (χ1n) is 7.10. The van der Waals surface area contributed by atoms with Crippen LogP contribution in [0.1, 0.15) is 34.6 Å². The number of esters is 1. The average Bonchev–Trinajstić information content (AvgIpc) is 2.81. The second-order valence-corrected chi connectivity index (χ2v) is 5.29. The van der Waals surface area contributed by atoms with Crippen LogP contribution in [0, 0.1) is 13.8 Å². The molecule has 0 saturated heterocycles. The molecule has 0 aliphatic heterocycles. The molecule has 0 atom stereocenters. The molecule has 0 fully saturated rings. The van der Waals surface area contributed by atoms with Gasteiger partial charge in [0.25, 0.3) is 5.91 Å². The summed E-state index contributed by atoms with van der Waals surface area (Å²) in [5.41, 5.74) is 1.36. The first-order valence-corrected chi connectivity index (χ1v) is 7.48. The lowest BCUT2D eigenvalue weighted by molar-refractivity contribution is -0.142. The van der Waals surface area contributed by atoms with Crippen molar-refractivity contribution in [2.75, 3.05) is 11.9 Å². The number of amides is 1. The van der Waals surface area contributed by atoms with Crippen LogP contribution in [0.3, 0.4) is 0 Å². The van der Waals surface area contributed by atoms with Gasteiger partial charge in [-0.3, -0.25) is 9.59 Å². The molecule has 2 aromatic rings. The van der Waals surface area contributed by atoms with Gasteiger partial charge in [0, 0.05) is 6.92 Å². The third-order valence-corrected chi connectivity index (χ3v) is 3.37. The molecule has 0 unspecified atom stereocenters. The molecule has 7 heteroatoms. The third kappa shape index (κ3) is 4.32. The van der Waals surface area contributed by atoms with E-state index in [9.17, 15) is 9.59 Å². The van der Waals surface area contributed by atoms with Gasteiger partial charge < -0.3 is 14.5 Å². The minimum atomic E-state index is -0.403. The van der Waals surface area contributed by atoms with Crippen molar-refractivity contribution in [2.24, 2.45) is 0 Å². The fourth-order valence-corrected chi connectivity index (χ4v) is 2.32. The largest absolute Gasteiger partial charge is 0.466 e. The third-order valence-electron chi connectivity index (χ3n) is 3.05. The van der Waals surface area contributed by atoms with E-state index in [1.807, 2.05) is 0 Å². The van der Waals surface area contributed by atoms with E-state index in [-0.39, 0.29) is 18.1 Å². The first kappa shape index (κ1) is 17.0. The predicted molar refractivity (Wildman–Crippen MR) is 85.7 cm³/mol. The zero-order valence-electron chi connectivity index (χ0n) is 13.1. The maximum Gasteiger partial charge on any atom is 0.310 e. The van der Waals surface area contributed by atoms with Crippen molar-refractivity contribution in [3.05, 3.63) is 46.1 Å². The van der Waals surface area contributed by atoms with Gasteiger partial charge in [0.1, 0.15) is 5.76 Å². The second kappa shape index (κ2) is 7.28. The topological polar surface area (TPSA) is 81.4 Å². The maximum atomic E-state index is 12.2. The Kier molecular flexibility index (Phi) is 5.39. The van der Waals surface area contributed by atoms with Crippen LogP contribution in [0.5, 0.6) is 0 Å². The van der Waals surface area contributed by atoms with Crippen LogP contribution in [0.2, 0.25) is 5.02 Å². The van der Waals surface area contributed by atoms with E-state index in [4.69, 9.17) is 20.8 Å². The monoisotopic (exact) mass is 336 g/mol. The van der Waals surface area contributed by atoms with Crippen molar-refractivity contribution in [3.8, 4) is 0 Å². The summed E-state index contributed by atoms with van der Waals surface area (Å²) in [6.45, 7) is 5.41. The van der Waals surface area contributed by atoms with Crippen LogP contribution in [-0.4, -0.2) is 23.5 Å². The normalized spacial score (nSPS) is 10.4. The number of benzene rings is 1. The van der Waals surface area contributed by atoms with Gasteiger partial charge in [0.05, 0.1) is 23.7 Å². The molecule has 0 aliphatic carbocycles. The number of ether oxygens (including phenoxy) is 1. The quantitative estimate of drug-likeness (QED) is 0.847. The van der Waals surface area contributed by atoms with Gasteiger partial charge in [-0.2, -0.15) is 0 Å². The molecule has 1 amide bonds. The summed E-state index contributed by atoms with van der Waals surface area (Å²) in [7, 11) is 0. The number of hydrogen-bond donors (Lipinski definition) is 1. The van der Waals surface area contributed by atoms with E-state index in [0.717, 1.165) is 0 Å². The summed E-state index contributed by atoms with van der Waals surface area (Å²) >= 11 is 6.16. The second-order valence-electron chi connectivity index (χ2n) is 4.89. The number of oxazole rings is 1. The van der Waals surface area contributed by atoms with Crippen LogP contribution >= 0.6 is 11.6 Å². The average molecular weight is 337 g/mol. The molecule has 1 aromatic heterocycles. The Bertz CT molecular complexity index is 740. The number of anilines is 1. The van der Waals surface area contributed by atoms with Crippen LogP contribution in [0.25, 0.3) is 0 Å². The number of carbonyl (C=O) groups is 2. The summed E-state index contributed by atoms with van der Waals surface area (Å²) in [6.07, 6.45) is 0.128. The molecule has 1 aromatic carbocycles. The molecule has 6 nitrogen and oxygen atoms in total. The van der Waals surface area contributed by atoms with E-state index >= 15 is 0 Å². The van der Waals surface area contributed by atoms with Gasteiger partial charge in [-0.1, -0.05) is 17.7 Å². The Morgan fingerprint density at radius 3 is 2.65 bits per heavy atom. The van der Waals surface area contributed by atoms with Gasteiger partial charge in [0.15, 0.2) is 11.6 Å². The van der Waals surface area contributed by atoms with Crippen LogP contribution < -0.4 is 5.32 Å². The smallest absolute Gasteiger partial charge is 0.310 e. The molecule has 122 valence electrons. The van der Waals surface area contributed by atoms with Gasteiger partial charge in [-0.15, -0.1) is 0 Å². The van der Waals surface area contributed by atoms with Gasteiger partial charge >= 0.3 is 5.97 Å². The summed E-state index contributed by atoms with van der Waals surface area (Å²) in [6, 6.07) is 4.96. The molecular formula is C16H17ClN2O4. The fourth-order valence-electron chi connectivity index (χ4n) is 2.07. The Labute approximate surface area is 138 Å². The van der Waals surface area contributed by atoms with Crippen molar-refractivity contribution in [2.45, 2.75) is 27.2 Å². The maximum absolute atomic E-state index is 12.2. The predicted octanol–water partition coefficient (Wildman–Crippen LogP) is 3.30. The van der Waals surface area contributed by atoms with E-state index in [2.05, 4.69) is 10.3 Å². The molecule has 0 spiro atoms. The first-order chi connectivity index (χ1) is 10.9. The number of rotatable bonds is 5. The Hall–Kier alpha value is -2.34. The van der Waals surface area contributed by atoms with E-state index < -0.39 is 5.91 Å². The number of nitrogens with zero attached hydrogens (tertiary/aromatic N) is 1. The number of halogens is 1. The van der Waals surface area contributed by atoms with Crippen molar-refractivity contribution >= 4 is 29.2 Å². The highest BCUT2D eigenvalue weighted by molar-refractivity contribution is 6.34. The van der Waals surface area contributed by atoms with E-state index in [1.165, 1.54) is 0 Å². The SMILES string of the molecule is CCOC(=O)Cc1ccc(NC(=O)c2nc(C)oc2C)c(Cl)c1. The highest BCUT2D eigenvalue weighted by Gasteiger charge is 2.17. The van der Waals surface area contributed by atoms with E-state index in [0.29, 0.717) is 34.5 Å². The zero-order chi connectivity index (χ0) is 17.0. The molecule has 2 rings (SSSR count). The molecular weight excluding hydrogens is 320 g/mol. The number of aryl methyl sites for hydroxylation is 2. The van der Waals surface area contributed by atoms with Gasteiger partial charge in [-0.25, -0.2) is 4.98 Å². The van der Waals surface area contributed by atoms with Crippen molar-refractivity contribution in [1.82, 2.24) is 4.98 Å². The molecule has 0 bridgehead atoms. The van der Waals surface area contributed by atoms with Gasteiger partial charge in [-0.05, 0) is 31.5 Å². The zero-order valence-corrected chi connectivity index (χ0v) is 13.9. The molecule has 0 saturated carbocycles. The number of carbonyl (C=O) groups excluding carboxylic acids is 2. The molecule has 0 aliphatic rings. The minimum Gasteiger partial charge on any atom is -0.466 e. The van der Waals surface area contributed by atoms with Crippen molar-refractivity contribution in [1.29, 1.82) is 0 Å². The minimum absolute atomic E-state index is 0.128. The lowest BCUT2D eigenvalue weighted by atomic mass is 10.1. The van der Waals surface area contributed by atoms with Gasteiger partial charge in [0.2, 0.25) is 0 Å². The summed E-state index contributed by atoms with van der Waals surface area (Å²) < 4.78 is 10.1. The van der Waals surface area contributed by atoms with Crippen LogP contribution in [0.4, 0.5) is 5.69 Å².